The number of carbonyl (C=O) groups excluding carboxylic acids is 1. The molecule has 2 N–H and O–H groups in total. The number of carbonyl (C=O) groups is 2. The zero-order valence-electron chi connectivity index (χ0n) is 10.7. The van der Waals surface area contributed by atoms with Gasteiger partial charge >= 0.3 is 5.97 Å². The molecule has 0 spiro atoms. The zero-order chi connectivity index (χ0) is 12.9. The lowest BCUT2D eigenvalue weighted by Crippen LogP contribution is -2.53. The lowest BCUT2D eigenvalue weighted by Gasteiger charge is -2.32. The second-order valence-electron chi connectivity index (χ2n) is 4.51. The fraction of sp³-hybridized carbons (Fsp3) is 0.818. The van der Waals surface area contributed by atoms with Crippen LogP contribution in [0.25, 0.3) is 0 Å². The summed E-state index contributed by atoms with van der Waals surface area (Å²) in [4.78, 5) is 23.9. The van der Waals surface area contributed by atoms with E-state index < -0.39 is 11.5 Å². The van der Waals surface area contributed by atoms with Crippen LogP contribution in [0.1, 0.15) is 34.1 Å². The highest BCUT2D eigenvalue weighted by Crippen LogP contribution is 2.12. The van der Waals surface area contributed by atoms with Gasteiger partial charge in [0.1, 0.15) is 5.54 Å². The highest BCUT2D eigenvalue weighted by molar-refractivity contribution is 5.87. The van der Waals surface area contributed by atoms with Crippen molar-refractivity contribution >= 4 is 11.9 Å². The zero-order valence-corrected chi connectivity index (χ0v) is 10.7. The Kier molecular flexibility index (Phi) is 5.44. The molecular weight excluding hydrogens is 208 g/mol. The van der Waals surface area contributed by atoms with Gasteiger partial charge in [0.05, 0.1) is 6.54 Å². The molecule has 0 heterocycles. The van der Waals surface area contributed by atoms with Gasteiger partial charge in [0.2, 0.25) is 5.91 Å². The fourth-order valence-electron chi connectivity index (χ4n) is 0.980. The van der Waals surface area contributed by atoms with Crippen molar-refractivity contribution < 1.29 is 14.7 Å². The van der Waals surface area contributed by atoms with Crippen molar-refractivity contribution in [3.05, 3.63) is 0 Å². The van der Waals surface area contributed by atoms with Gasteiger partial charge in [-0.25, -0.2) is 4.79 Å². The van der Waals surface area contributed by atoms with Crippen molar-refractivity contribution in [2.24, 2.45) is 0 Å². The Morgan fingerprint density at radius 2 is 1.94 bits per heavy atom. The Balaban J connectivity index is 4.34. The number of hydrogen-bond donors (Lipinski definition) is 2. The van der Waals surface area contributed by atoms with E-state index in [9.17, 15) is 9.59 Å². The third kappa shape index (κ3) is 3.81. The third-order valence-electron chi connectivity index (χ3n) is 2.95. The van der Waals surface area contributed by atoms with Crippen LogP contribution in [0.2, 0.25) is 0 Å². The average molecular weight is 230 g/mol. The first-order chi connectivity index (χ1) is 7.23. The standard InChI is InChI=1S/C11H22N2O3/c1-6-8(2)12-7-9(14)13(5)11(3,4)10(15)16/h8,12H,6-7H2,1-5H3,(H,15,16). The minimum absolute atomic E-state index is 0.169. The van der Waals surface area contributed by atoms with Crippen LogP contribution < -0.4 is 5.32 Å². The number of hydrogen-bond acceptors (Lipinski definition) is 3. The third-order valence-corrected chi connectivity index (χ3v) is 2.95. The van der Waals surface area contributed by atoms with E-state index >= 15 is 0 Å². The van der Waals surface area contributed by atoms with E-state index in [2.05, 4.69) is 5.32 Å². The molecule has 1 atom stereocenters. The van der Waals surface area contributed by atoms with Gasteiger partial charge in [0.25, 0.3) is 0 Å². The molecule has 0 aliphatic heterocycles. The molecule has 0 aliphatic rings. The SMILES string of the molecule is CCC(C)NCC(=O)N(C)C(C)(C)C(=O)O. The van der Waals surface area contributed by atoms with E-state index in [1.165, 1.54) is 25.8 Å². The lowest BCUT2D eigenvalue weighted by molar-refractivity contribution is -0.155. The predicted octanol–water partition coefficient (Wildman–Crippen LogP) is 0.696. The van der Waals surface area contributed by atoms with Crippen molar-refractivity contribution in [2.45, 2.75) is 45.7 Å². The quantitative estimate of drug-likeness (QED) is 0.704. The number of likely N-dealkylation sites (N-methyl/N-ethyl adjacent to an activating group) is 1. The van der Waals surface area contributed by atoms with Crippen molar-refractivity contribution in [1.82, 2.24) is 10.2 Å². The first kappa shape index (κ1) is 14.9. The molecule has 0 aromatic carbocycles. The lowest BCUT2D eigenvalue weighted by atomic mass is 10.0. The van der Waals surface area contributed by atoms with E-state index in [1.807, 2.05) is 13.8 Å². The van der Waals surface area contributed by atoms with Crippen molar-refractivity contribution in [1.29, 1.82) is 0 Å². The molecule has 0 aliphatic carbocycles. The van der Waals surface area contributed by atoms with E-state index in [1.54, 1.807) is 0 Å². The van der Waals surface area contributed by atoms with Crippen LogP contribution in [-0.4, -0.2) is 47.1 Å². The molecule has 5 nitrogen and oxygen atoms in total. The fourth-order valence-corrected chi connectivity index (χ4v) is 0.980. The maximum atomic E-state index is 11.7. The van der Waals surface area contributed by atoms with Gasteiger partial charge in [0.15, 0.2) is 0 Å². The van der Waals surface area contributed by atoms with Crippen molar-refractivity contribution in [2.75, 3.05) is 13.6 Å². The largest absolute Gasteiger partial charge is 0.480 e. The Morgan fingerprint density at radius 1 is 1.44 bits per heavy atom. The number of nitrogens with one attached hydrogen (secondary N) is 1. The Morgan fingerprint density at radius 3 is 2.31 bits per heavy atom. The molecule has 0 saturated carbocycles. The summed E-state index contributed by atoms with van der Waals surface area (Å²) in [5, 5.41) is 12.0. The Hall–Kier alpha value is -1.10. The Bertz CT molecular complexity index is 264. The van der Waals surface area contributed by atoms with Crippen LogP contribution in [0.15, 0.2) is 0 Å². The summed E-state index contributed by atoms with van der Waals surface area (Å²) in [5.41, 5.74) is -1.17. The molecule has 0 aromatic heterocycles. The molecule has 1 amide bonds. The number of carboxylic acid groups (broad SMARTS) is 1. The summed E-state index contributed by atoms with van der Waals surface area (Å²) < 4.78 is 0. The molecule has 0 bridgehead atoms. The van der Waals surface area contributed by atoms with E-state index in [4.69, 9.17) is 5.11 Å². The number of carboxylic acids is 1. The van der Waals surface area contributed by atoms with Crippen LogP contribution >= 0.6 is 0 Å². The van der Waals surface area contributed by atoms with Gasteiger partial charge in [-0.2, -0.15) is 0 Å². The van der Waals surface area contributed by atoms with Gasteiger partial charge in [-0.05, 0) is 27.2 Å². The summed E-state index contributed by atoms with van der Waals surface area (Å²) in [7, 11) is 1.51. The molecule has 0 radical (unpaired) electrons. The van der Waals surface area contributed by atoms with Gasteiger partial charge in [-0.3, -0.25) is 4.79 Å². The normalized spacial score (nSPS) is 13.3. The van der Waals surface area contributed by atoms with Crippen LogP contribution in [0.3, 0.4) is 0 Å². The van der Waals surface area contributed by atoms with E-state index in [0.717, 1.165) is 6.42 Å². The van der Waals surface area contributed by atoms with Gasteiger partial charge in [-0.15, -0.1) is 0 Å². The van der Waals surface area contributed by atoms with Crippen molar-refractivity contribution in [3.8, 4) is 0 Å². The minimum atomic E-state index is -1.17. The van der Waals surface area contributed by atoms with Gasteiger partial charge in [0, 0.05) is 13.1 Å². The van der Waals surface area contributed by atoms with Gasteiger partial charge < -0.3 is 15.3 Å². The summed E-state index contributed by atoms with van der Waals surface area (Å²) in [6.07, 6.45) is 0.930. The molecule has 0 rings (SSSR count). The first-order valence-electron chi connectivity index (χ1n) is 5.46. The molecule has 5 heteroatoms. The number of amides is 1. The molecule has 0 saturated heterocycles. The monoisotopic (exact) mass is 230 g/mol. The minimum Gasteiger partial charge on any atom is -0.480 e. The Labute approximate surface area is 96.8 Å². The smallest absolute Gasteiger partial charge is 0.329 e. The number of aliphatic carboxylic acids is 1. The molecule has 0 aromatic rings. The topological polar surface area (TPSA) is 69.6 Å². The molecule has 16 heavy (non-hydrogen) atoms. The number of rotatable bonds is 6. The van der Waals surface area contributed by atoms with Crippen LogP contribution in [0.4, 0.5) is 0 Å². The average Bonchev–Trinajstić information content (AvgIpc) is 2.23. The highest BCUT2D eigenvalue weighted by Gasteiger charge is 2.34. The van der Waals surface area contributed by atoms with E-state index in [0.29, 0.717) is 0 Å². The van der Waals surface area contributed by atoms with E-state index in [-0.39, 0.29) is 18.5 Å². The maximum Gasteiger partial charge on any atom is 0.329 e. The molecular formula is C11H22N2O3. The second-order valence-corrected chi connectivity index (χ2v) is 4.51. The molecule has 94 valence electrons. The summed E-state index contributed by atoms with van der Waals surface area (Å²) in [6, 6.07) is 0.255. The molecule has 1 unspecified atom stereocenters. The maximum absolute atomic E-state index is 11.7. The number of nitrogens with zero attached hydrogens (tertiary/aromatic N) is 1. The second kappa shape index (κ2) is 5.84. The van der Waals surface area contributed by atoms with Crippen LogP contribution in [-0.2, 0) is 9.59 Å². The van der Waals surface area contributed by atoms with Crippen molar-refractivity contribution in [3.63, 3.8) is 0 Å². The van der Waals surface area contributed by atoms with Gasteiger partial charge in [-0.1, -0.05) is 6.92 Å². The van der Waals surface area contributed by atoms with Crippen LogP contribution in [0, 0.1) is 0 Å². The first-order valence-corrected chi connectivity index (χ1v) is 5.46. The summed E-state index contributed by atoms with van der Waals surface area (Å²) >= 11 is 0. The summed E-state index contributed by atoms with van der Waals surface area (Å²) in [6.45, 7) is 7.19. The predicted molar refractivity (Wildman–Crippen MR) is 62.2 cm³/mol. The molecule has 0 fully saturated rings. The summed E-state index contributed by atoms with van der Waals surface area (Å²) in [5.74, 6) is -1.22. The highest BCUT2D eigenvalue weighted by atomic mass is 16.4. The van der Waals surface area contributed by atoms with Crippen LogP contribution in [0.5, 0.6) is 0 Å².